The number of amides is 1. The maximum atomic E-state index is 13.1. The van der Waals surface area contributed by atoms with Crippen molar-refractivity contribution < 1.29 is 14.3 Å². The van der Waals surface area contributed by atoms with E-state index in [1.54, 1.807) is 7.11 Å². The van der Waals surface area contributed by atoms with E-state index < -0.39 is 0 Å². The van der Waals surface area contributed by atoms with Crippen molar-refractivity contribution in [3.63, 3.8) is 0 Å². The Hall–Kier alpha value is -2.26. The number of aromatic nitrogens is 2. The van der Waals surface area contributed by atoms with Gasteiger partial charge in [-0.1, -0.05) is 12.6 Å². The molecule has 1 aromatic heterocycles. The van der Waals surface area contributed by atoms with Gasteiger partial charge >= 0.3 is 0 Å². The summed E-state index contributed by atoms with van der Waals surface area (Å²) < 4.78 is 13.2. The molecule has 31 heavy (non-hydrogen) atoms. The van der Waals surface area contributed by atoms with E-state index in [2.05, 4.69) is 17.0 Å². The average molecular weight is 462 g/mol. The number of methoxy groups -OCH3 is 1. The molecule has 0 unspecified atom stereocenters. The first-order chi connectivity index (χ1) is 15.0. The normalized spacial score (nSPS) is 19.3. The molecule has 1 fully saturated rings. The van der Waals surface area contributed by atoms with Crippen LogP contribution in [-0.2, 0) is 4.79 Å². The lowest BCUT2D eigenvalue weighted by Gasteiger charge is -2.24. The maximum absolute atomic E-state index is 13.1. The van der Waals surface area contributed by atoms with Crippen LogP contribution in [-0.4, -0.2) is 46.7 Å². The minimum absolute atomic E-state index is 0.0982. The molecular weight excluding hydrogens is 434 g/mol. The van der Waals surface area contributed by atoms with Gasteiger partial charge in [-0.2, -0.15) is 11.8 Å². The van der Waals surface area contributed by atoms with Gasteiger partial charge in [0.25, 0.3) is 5.56 Å². The molecule has 4 rings (SSSR count). The van der Waals surface area contributed by atoms with Gasteiger partial charge in [0.2, 0.25) is 5.91 Å². The van der Waals surface area contributed by atoms with Crippen molar-refractivity contribution in [2.45, 2.75) is 31.1 Å². The van der Waals surface area contributed by atoms with Gasteiger partial charge in [-0.25, -0.2) is 0 Å². The first-order valence-electron chi connectivity index (χ1n) is 10.3. The molecule has 2 N–H and O–H groups in total. The van der Waals surface area contributed by atoms with E-state index in [4.69, 9.17) is 9.47 Å². The van der Waals surface area contributed by atoms with Gasteiger partial charge in [0.15, 0.2) is 11.5 Å². The predicted molar refractivity (Wildman–Crippen MR) is 127 cm³/mol. The Balaban J connectivity index is 1.76. The lowest BCUT2D eigenvalue weighted by atomic mass is 10.0. The van der Waals surface area contributed by atoms with Crippen LogP contribution in [0.2, 0.25) is 0 Å². The van der Waals surface area contributed by atoms with Gasteiger partial charge in [0, 0.05) is 0 Å². The Labute approximate surface area is 189 Å². The highest BCUT2D eigenvalue weighted by molar-refractivity contribution is 8.00. The molecule has 0 aliphatic carbocycles. The Bertz CT molecular complexity index is 1040. The summed E-state index contributed by atoms with van der Waals surface area (Å²) >= 11 is 3.37. The number of H-pyrrole nitrogens is 1. The Morgan fingerprint density at radius 3 is 2.74 bits per heavy atom. The van der Waals surface area contributed by atoms with Crippen molar-refractivity contribution in [1.29, 1.82) is 0 Å². The molecule has 1 atom stereocenters. The molecule has 1 aromatic carbocycles. The van der Waals surface area contributed by atoms with E-state index in [-0.39, 0.29) is 28.5 Å². The van der Waals surface area contributed by atoms with Gasteiger partial charge in [-0.05, 0) is 54.5 Å². The second kappa shape index (κ2) is 9.48. The Morgan fingerprint density at radius 2 is 2.03 bits per heavy atom. The van der Waals surface area contributed by atoms with Crippen LogP contribution in [0.25, 0.3) is 0 Å². The van der Waals surface area contributed by atoms with Crippen LogP contribution >= 0.6 is 23.5 Å². The Kier molecular flexibility index (Phi) is 6.71. The zero-order chi connectivity index (χ0) is 22.0. The molecule has 0 bridgehead atoms. The Morgan fingerprint density at radius 1 is 1.26 bits per heavy atom. The van der Waals surface area contributed by atoms with Gasteiger partial charge in [-0.15, -0.1) is 11.8 Å². The standard InChI is InChI=1S/C22H27N3O4S2/c1-13(2)11-29-17-10-14(4-5-16(17)28-3)20-19-21(23-18(26)12-31-20)25(24-22(19)27)15-6-8-30-9-7-15/h4-5,10,15,20H,1,6-9,11-12H2,2-3H3,(H,23,26)(H,24,27)/t20-/m1/s1. The van der Waals surface area contributed by atoms with E-state index in [0.29, 0.717) is 29.5 Å². The monoisotopic (exact) mass is 461 g/mol. The van der Waals surface area contributed by atoms with E-state index in [1.807, 2.05) is 41.6 Å². The van der Waals surface area contributed by atoms with Crippen LogP contribution < -0.4 is 20.3 Å². The number of rotatable bonds is 6. The summed E-state index contributed by atoms with van der Waals surface area (Å²) in [6.07, 6.45) is 1.94. The van der Waals surface area contributed by atoms with E-state index in [1.165, 1.54) is 11.8 Å². The molecular formula is C22H27N3O4S2. The minimum atomic E-state index is -0.296. The van der Waals surface area contributed by atoms with Crippen LogP contribution in [0.5, 0.6) is 11.5 Å². The second-order valence-electron chi connectivity index (χ2n) is 7.81. The number of carbonyl (C=O) groups is 1. The van der Waals surface area contributed by atoms with E-state index in [9.17, 15) is 9.59 Å². The fraction of sp³-hybridized carbons (Fsp3) is 0.455. The minimum Gasteiger partial charge on any atom is -0.493 e. The molecule has 1 saturated heterocycles. The average Bonchev–Trinajstić information content (AvgIpc) is 2.97. The van der Waals surface area contributed by atoms with E-state index in [0.717, 1.165) is 35.5 Å². The number of ether oxygens (including phenoxy) is 2. The molecule has 166 valence electrons. The lowest BCUT2D eigenvalue weighted by Crippen LogP contribution is -2.22. The third kappa shape index (κ3) is 4.67. The highest BCUT2D eigenvalue weighted by Gasteiger charge is 2.33. The SMILES string of the molecule is C=C(C)COc1cc([C@H]2SCC(=O)Nc3c2c(=O)[nH]n3C2CCSCC2)ccc1OC. The number of nitrogens with zero attached hydrogens (tertiary/aromatic N) is 1. The number of carbonyl (C=O) groups excluding carboxylic acids is 1. The summed E-state index contributed by atoms with van der Waals surface area (Å²) in [5.74, 6) is 4.08. The smallest absolute Gasteiger partial charge is 0.270 e. The maximum Gasteiger partial charge on any atom is 0.270 e. The number of thioether (sulfide) groups is 2. The van der Waals surface area contributed by atoms with Crippen molar-refractivity contribution in [3.05, 3.63) is 51.8 Å². The predicted octanol–water partition coefficient (Wildman–Crippen LogP) is 3.98. The van der Waals surface area contributed by atoms with Gasteiger partial charge in [0.05, 0.1) is 29.7 Å². The molecule has 0 spiro atoms. The summed E-state index contributed by atoms with van der Waals surface area (Å²) in [6, 6.07) is 5.85. The van der Waals surface area contributed by atoms with Crippen LogP contribution in [0.1, 0.15) is 42.2 Å². The first kappa shape index (κ1) is 22.0. The molecule has 2 aromatic rings. The first-order valence-corrected chi connectivity index (χ1v) is 12.5. The van der Waals surface area contributed by atoms with Crippen LogP contribution in [0.4, 0.5) is 5.82 Å². The molecule has 2 aliphatic rings. The quantitative estimate of drug-likeness (QED) is 0.633. The molecule has 9 heteroatoms. The summed E-state index contributed by atoms with van der Waals surface area (Å²) in [5.41, 5.74) is 2.22. The van der Waals surface area contributed by atoms with Crippen LogP contribution in [0.3, 0.4) is 0 Å². The summed E-state index contributed by atoms with van der Waals surface area (Å²) in [6.45, 7) is 6.15. The number of hydrogen-bond donors (Lipinski definition) is 2. The van der Waals surface area contributed by atoms with E-state index >= 15 is 0 Å². The zero-order valence-corrected chi connectivity index (χ0v) is 19.4. The summed E-state index contributed by atoms with van der Waals surface area (Å²) in [7, 11) is 1.59. The lowest BCUT2D eigenvalue weighted by molar-refractivity contribution is -0.113. The topological polar surface area (TPSA) is 85.4 Å². The highest BCUT2D eigenvalue weighted by Crippen LogP contribution is 2.43. The van der Waals surface area contributed by atoms with Crippen molar-refractivity contribution >= 4 is 35.2 Å². The molecule has 0 radical (unpaired) electrons. The fourth-order valence-electron chi connectivity index (χ4n) is 3.89. The van der Waals surface area contributed by atoms with Crippen molar-refractivity contribution in [3.8, 4) is 11.5 Å². The fourth-order valence-corrected chi connectivity index (χ4v) is 6.09. The molecule has 7 nitrogen and oxygen atoms in total. The third-order valence-electron chi connectivity index (χ3n) is 5.38. The van der Waals surface area contributed by atoms with Gasteiger partial charge in [0.1, 0.15) is 12.4 Å². The second-order valence-corrected chi connectivity index (χ2v) is 10.1. The largest absolute Gasteiger partial charge is 0.493 e. The molecule has 1 amide bonds. The number of nitrogens with one attached hydrogen (secondary N) is 2. The number of benzene rings is 1. The number of hydrogen-bond acceptors (Lipinski definition) is 6. The van der Waals surface area contributed by atoms with Crippen LogP contribution in [0.15, 0.2) is 35.1 Å². The third-order valence-corrected chi connectivity index (χ3v) is 7.70. The van der Waals surface area contributed by atoms with Gasteiger partial charge in [-0.3, -0.25) is 19.4 Å². The number of fused-ring (bicyclic) bond motifs is 1. The zero-order valence-electron chi connectivity index (χ0n) is 17.7. The van der Waals surface area contributed by atoms with Crippen molar-refractivity contribution in [1.82, 2.24) is 9.78 Å². The van der Waals surface area contributed by atoms with Gasteiger partial charge < -0.3 is 14.8 Å². The van der Waals surface area contributed by atoms with Crippen molar-refractivity contribution in [2.24, 2.45) is 0 Å². The number of anilines is 1. The number of aromatic amines is 1. The highest BCUT2D eigenvalue weighted by atomic mass is 32.2. The van der Waals surface area contributed by atoms with Crippen LogP contribution in [0, 0.1) is 0 Å². The summed E-state index contributed by atoms with van der Waals surface area (Å²) in [4.78, 5) is 25.6. The molecule has 3 heterocycles. The summed E-state index contributed by atoms with van der Waals surface area (Å²) in [5, 5.41) is 5.69. The van der Waals surface area contributed by atoms with Crippen molar-refractivity contribution in [2.75, 3.05) is 36.3 Å². The molecule has 0 saturated carbocycles. The molecule has 2 aliphatic heterocycles.